The van der Waals surface area contributed by atoms with Crippen LogP contribution in [0.15, 0.2) is 60.8 Å². The van der Waals surface area contributed by atoms with E-state index in [1.165, 1.54) is 11.1 Å². The zero-order valence-corrected chi connectivity index (χ0v) is 16.5. The van der Waals surface area contributed by atoms with E-state index in [0.717, 1.165) is 24.2 Å². The first-order valence-electron chi connectivity index (χ1n) is 9.81. The first-order valence-corrected chi connectivity index (χ1v) is 9.81. The summed E-state index contributed by atoms with van der Waals surface area (Å²) >= 11 is 0. The summed E-state index contributed by atoms with van der Waals surface area (Å²) in [7, 11) is 1.65. The molecule has 6 nitrogen and oxygen atoms in total. The van der Waals surface area contributed by atoms with E-state index < -0.39 is 0 Å². The van der Waals surface area contributed by atoms with Crippen molar-refractivity contribution in [2.75, 3.05) is 20.3 Å². The number of carbonyl (C=O) groups excluding carboxylic acids is 1. The Kier molecular flexibility index (Phi) is 6.03. The number of hydrogen-bond donors (Lipinski definition) is 1. The number of nitrogens with zero attached hydrogens (tertiary/aromatic N) is 2. The summed E-state index contributed by atoms with van der Waals surface area (Å²) in [5, 5.41) is 7.71. The van der Waals surface area contributed by atoms with Gasteiger partial charge in [-0.2, -0.15) is 5.10 Å². The van der Waals surface area contributed by atoms with Crippen LogP contribution < -0.4 is 5.32 Å². The molecule has 0 bridgehead atoms. The molecule has 4 rings (SSSR count). The molecular weight excluding hydrogens is 366 g/mol. The first-order chi connectivity index (χ1) is 14.2. The Hall–Kier alpha value is -2.96. The standard InChI is InChI=1S/C23H25N3O3/c1-28-16-18-7-9-19(10-8-18)23(27)24-13-21-22-20(11-12-29-21)15-26(25-22)14-17-5-3-2-4-6-17/h2-10,15,21H,11-14,16H2,1H3,(H,24,27)/t21-/m1/s1. The summed E-state index contributed by atoms with van der Waals surface area (Å²) < 4.78 is 13.0. The van der Waals surface area contributed by atoms with Crippen LogP contribution in [0.1, 0.15) is 38.8 Å². The molecule has 0 spiro atoms. The van der Waals surface area contributed by atoms with Gasteiger partial charge in [-0.05, 0) is 35.2 Å². The minimum atomic E-state index is -0.229. The predicted octanol–water partition coefficient (Wildman–Crippen LogP) is 3.12. The molecule has 0 unspecified atom stereocenters. The number of fused-ring (bicyclic) bond motifs is 1. The van der Waals surface area contributed by atoms with E-state index in [1.54, 1.807) is 7.11 Å². The smallest absolute Gasteiger partial charge is 0.251 e. The Balaban J connectivity index is 1.39. The highest BCUT2D eigenvalue weighted by Crippen LogP contribution is 2.25. The van der Waals surface area contributed by atoms with Gasteiger partial charge >= 0.3 is 0 Å². The molecule has 1 aliphatic heterocycles. The SMILES string of the molecule is COCc1ccc(C(=O)NC[C@H]2OCCc3cn(Cc4ccccc4)nc32)cc1. The van der Waals surface area contributed by atoms with Crippen LogP contribution in [0.5, 0.6) is 0 Å². The summed E-state index contributed by atoms with van der Waals surface area (Å²) in [6.45, 7) is 2.29. The second-order valence-corrected chi connectivity index (χ2v) is 7.17. The molecule has 6 heteroatoms. The van der Waals surface area contributed by atoms with Crippen LogP contribution >= 0.6 is 0 Å². The van der Waals surface area contributed by atoms with Gasteiger partial charge in [0.05, 0.1) is 25.5 Å². The van der Waals surface area contributed by atoms with Crippen molar-refractivity contribution in [2.45, 2.75) is 25.7 Å². The Morgan fingerprint density at radius 2 is 1.97 bits per heavy atom. The number of hydrogen-bond acceptors (Lipinski definition) is 4. The van der Waals surface area contributed by atoms with Crippen molar-refractivity contribution in [3.8, 4) is 0 Å². The lowest BCUT2D eigenvalue weighted by atomic mass is 10.1. The average molecular weight is 391 g/mol. The second kappa shape index (κ2) is 9.03. The molecular formula is C23H25N3O3. The monoisotopic (exact) mass is 391 g/mol. The fourth-order valence-corrected chi connectivity index (χ4v) is 3.54. The number of ether oxygens (including phenoxy) is 2. The van der Waals surface area contributed by atoms with Gasteiger partial charge in [-0.15, -0.1) is 0 Å². The summed E-state index contributed by atoms with van der Waals surface area (Å²) in [4.78, 5) is 12.5. The maximum atomic E-state index is 12.5. The van der Waals surface area contributed by atoms with E-state index in [9.17, 15) is 4.79 Å². The fraction of sp³-hybridized carbons (Fsp3) is 0.304. The molecule has 1 aliphatic rings. The van der Waals surface area contributed by atoms with E-state index in [0.29, 0.717) is 25.3 Å². The molecule has 2 heterocycles. The van der Waals surface area contributed by atoms with Crippen molar-refractivity contribution < 1.29 is 14.3 Å². The Labute approximate surface area is 170 Å². The van der Waals surface area contributed by atoms with Gasteiger partial charge in [0, 0.05) is 25.4 Å². The van der Waals surface area contributed by atoms with Gasteiger partial charge in [-0.25, -0.2) is 0 Å². The van der Waals surface area contributed by atoms with Crippen molar-refractivity contribution in [1.82, 2.24) is 15.1 Å². The molecule has 1 aromatic heterocycles. The summed E-state index contributed by atoms with van der Waals surface area (Å²) in [6.07, 6.45) is 2.71. The van der Waals surface area contributed by atoms with E-state index in [-0.39, 0.29) is 12.0 Å². The van der Waals surface area contributed by atoms with Crippen molar-refractivity contribution in [3.05, 3.63) is 88.7 Å². The highest BCUT2D eigenvalue weighted by Gasteiger charge is 2.25. The molecule has 3 aromatic rings. The quantitative estimate of drug-likeness (QED) is 0.672. The van der Waals surface area contributed by atoms with Crippen LogP contribution in [0.25, 0.3) is 0 Å². The third-order valence-electron chi connectivity index (χ3n) is 5.03. The zero-order chi connectivity index (χ0) is 20.1. The van der Waals surface area contributed by atoms with Gasteiger partial charge < -0.3 is 14.8 Å². The topological polar surface area (TPSA) is 65.4 Å². The zero-order valence-electron chi connectivity index (χ0n) is 16.5. The summed E-state index contributed by atoms with van der Waals surface area (Å²) in [5.74, 6) is -0.117. The maximum Gasteiger partial charge on any atom is 0.251 e. The van der Waals surface area contributed by atoms with Crippen molar-refractivity contribution in [2.24, 2.45) is 0 Å². The Morgan fingerprint density at radius 1 is 1.17 bits per heavy atom. The number of amides is 1. The minimum Gasteiger partial charge on any atom is -0.380 e. The first kappa shape index (κ1) is 19.4. The van der Waals surface area contributed by atoms with Crippen LogP contribution in [-0.4, -0.2) is 35.9 Å². The second-order valence-electron chi connectivity index (χ2n) is 7.17. The van der Waals surface area contributed by atoms with Gasteiger partial charge in [0.25, 0.3) is 5.91 Å². The Bertz CT molecular complexity index is 951. The van der Waals surface area contributed by atoms with E-state index >= 15 is 0 Å². The molecule has 150 valence electrons. The highest BCUT2D eigenvalue weighted by atomic mass is 16.5. The fourth-order valence-electron chi connectivity index (χ4n) is 3.54. The number of aromatic nitrogens is 2. The molecule has 0 radical (unpaired) electrons. The van der Waals surface area contributed by atoms with Crippen molar-refractivity contribution >= 4 is 5.91 Å². The molecule has 0 aliphatic carbocycles. The predicted molar refractivity (Wildman–Crippen MR) is 110 cm³/mol. The Morgan fingerprint density at radius 3 is 2.72 bits per heavy atom. The van der Waals surface area contributed by atoms with Crippen LogP contribution in [0, 0.1) is 0 Å². The van der Waals surface area contributed by atoms with Gasteiger partial charge in [0.1, 0.15) is 6.10 Å². The number of nitrogens with one attached hydrogen (secondary N) is 1. The lowest BCUT2D eigenvalue weighted by molar-refractivity contribution is 0.0383. The number of methoxy groups -OCH3 is 1. The molecule has 0 saturated heterocycles. The molecule has 0 saturated carbocycles. The van der Waals surface area contributed by atoms with E-state index in [1.807, 2.05) is 47.1 Å². The van der Waals surface area contributed by atoms with Crippen molar-refractivity contribution in [3.63, 3.8) is 0 Å². The van der Waals surface area contributed by atoms with Crippen LogP contribution in [0.3, 0.4) is 0 Å². The lowest BCUT2D eigenvalue weighted by Crippen LogP contribution is -2.31. The lowest BCUT2D eigenvalue weighted by Gasteiger charge is -2.22. The highest BCUT2D eigenvalue weighted by molar-refractivity contribution is 5.94. The maximum absolute atomic E-state index is 12.5. The van der Waals surface area contributed by atoms with Crippen LogP contribution in [0.4, 0.5) is 0 Å². The molecule has 1 N–H and O–H groups in total. The van der Waals surface area contributed by atoms with Crippen molar-refractivity contribution in [1.29, 1.82) is 0 Å². The van der Waals surface area contributed by atoms with Crippen LogP contribution in [-0.2, 0) is 29.0 Å². The van der Waals surface area contributed by atoms with Gasteiger partial charge in [0.2, 0.25) is 0 Å². The minimum absolute atomic E-state index is 0.117. The normalized spacial score (nSPS) is 15.7. The summed E-state index contributed by atoms with van der Waals surface area (Å²) in [6, 6.07) is 17.7. The third kappa shape index (κ3) is 4.72. The number of rotatable bonds is 7. The molecule has 2 aromatic carbocycles. The summed E-state index contributed by atoms with van der Waals surface area (Å²) in [5.41, 5.74) is 4.97. The average Bonchev–Trinajstić information content (AvgIpc) is 3.16. The number of benzene rings is 2. The number of carbonyl (C=O) groups is 1. The van der Waals surface area contributed by atoms with Gasteiger partial charge in [0.15, 0.2) is 0 Å². The molecule has 0 fully saturated rings. The molecule has 1 amide bonds. The largest absolute Gasteiger partial charge is 0.380 e. The van der Waals surface area contributed by atoms with Gasteiger partial charge in [-0.3, -0.25) is 9.48 Å². The molecule has 1 atom stereocenters. The van der Waals surface area contributed by atoms with Gasteiger partial charge in [-0.1, -0.05) is 42.5 Å². The third-order valence-corrected chi connectivity index (χ3v) is 5.03. The van der Waals surface area contributed by atoms with E-state index in [2.05, 4.69) is 23.6 Å². The van der Waals surface area contributed by atoms with Crippen LogP contribution in [0.2, 0.25) is 0 Å². The molecule has 29 heavy (non-hydrogen) atoms. The van der Waals surface area contributed by atoms with E-state index in [4.69, 9.17) is 14.6 Å².